The van der Waals surface area contributed by atoms with Crippen molar-refractivity contribution in [3.8, 4) is 27.9 Å². The molecule has 8 aromatic rings. The summed E-state index contributed by atoms with van der Waals surface area (Å²) in [4.78, 5) is 4.50. The largest absolute Gasteiger partial charge is 0.476 e. The first-order valence-corrected chi connectivity index (χ1v) is 15.1. The first-order chi connectivity index (χ1) is 21.8. The summed E-state index contributed by atoms with van der Waals surface area (Å²) < 4.78 is 8.15. The number of benzene rings is 7. The topological polar surface area (TPSA) is 26.5 Å². The maximum atomic E-state index is 5.72. The maximum Gasteiger partial charge on any atom is 0.216 e. The number of hydrogen-bond acceptors (Lipinski definition) is 2. The van der Waals surface area contributed by atoms with E-state index in [1.807, 2.05) is 0 Å². The van der Waals surface area contributed by atoms with Gasteiger partial charge in [0.25, 0.3) is 0 Å². The third-order valence-corrected chi connectivity index (χ3v) is 8.90. The minimum Gasteiger partial charge on any atom is -0.476 e. The number of hydrogen-bond donors (Lipinski definition) is 0. The predicted octanol–water partition coefficient (Wildman–Crippen LogP) is 10.2. The SMILES string of the molecule is c1ccc(-n2c3cc(-c4ccc5ccccc5c4)ccc3c3c4ccccc4c(-c4ccc(C5=NCCO5)cc4)cc32)cc1. The highest BCUT2D eigenvalue weighted by molar-refractivity contribution is 6.24. The third-order valence-electron chi connectivity index (χ3n) is 8.90. The van der Waals surface area contributed by atoms with E-state index in [1.165, 1.54) is 65.6 Å². The minimum atomic E-state index is 0.658. The number of rotatable bonds is 4. The lowest BCUT2D eigenvalue weighted by Crippen LogP contribution is -2.00. The van der Waals surface area contributed by atoms with Crippen LogP contribution in [0.3, 0.4) is 0 Å². The fraction of sp³-hybridized carbons (Fsp3) is 0.0488. The van der Waals surface area contributed by atoms with Gasteiger partial charge in [0.2, 0.25) is 5.90 Å². The van der Waals surface area contributed by atoms with Crippen molar-refractivity contribution >= 4 is 49.2 Å². The highest BCUT2D eigenvalue weighted by Crippen LogP contribution is 2.42. The van der Waals surface area contributed by atoms with Crippen LogP contribution in [0.25, 0.3) is 71.3 Å². The van der Waals surface area contributed by atoms with Gasteiger partial charge in [0.05, 0.1) is 17.6 Å². The summed E-state index contributed by atoms with van der Waals surface area (Å²) in [6.07, 6.45) is 0. The molecule has 208 valence electrons. The summed E-state index contributed by atoms with van der Waals surface area (Å²) in [5, 5.41) is 7.54. The molecule has 1 aromatic heterocycles. The molecule has 44 heavy (non-hydrogen) atoms. The number of ether oxygens (including phenoxy) is 1. The summed E-state index contributed by atoms with van der Waals surface area (Å²) in [5.41, 5.74) is 9.38. The molecular formula is C41H28N2O. The van der Waals surface area contributed by atoms with E-state index in [9.17, 15) is 0 Å². The fourth-order valence-electron chi connectivity index (χ4n) is 6.82. The van der Waals surface area contributed by atoms with Crippen LogP contribution in [0.2, 0.25) is 0 Å². The average molecular weight is 565 g/mol. The Morgan fingerprint density at radius 2 is 1.18 bits per heavy atom. The molecule has 0 N–H and O–H groups in total. The van der Waals surface area contributed by atoms with Crippen molar-refractivity contribution in [1.29, 1.82) is 0 Å². The molecule has 0 amide bonds. The number of fused-ring (bicyclic) bond motifs is 6. The summed E-state index contributed by atoms with van der Waals surface area (Å²) in [5.74, 6) is 0.739. The van der Waals surface area contributed by atoms with Crippen LogP contribution < -0.4 is 0 Å². The van der Waals surface area contributed by atoms with Gasteiger partial charge < -0.3 is 9.30 Å². The van der Waals surface area contributed by atoms with E-state index < -0.39 is 0 Å². The molecule has 0 saturated heterocycles. The van der Waals surface area contributed by atoms with E-state index in [0.717, 1.165) is 23.7 Å². The summed E-state index contributed by atoms with van der Waals surface area (Å²) >= 11 is 0. The standard InChI is InChI=1S/C41H28N2O/c1-2-10-33(11-3-1)43-38-25-32(31-19-14-27-8-4-5-9-30(27)24-31)20-21-36(38)40-35-13-7-6-12-34(35)37(26-39(40)43)28-15-17-29(18-16-28)41-42-22-23-44-41/h1-21,24-26H,22-23H2. The molecule has 0 unspecified atom stereocenters. The zero-order valence-electron chi connectivity index (χ0n) is 24.1. The van der Waals surface area contributed by atoms with Crippen molar-refractivity contribution in [1.82, 2.24) is 4.57 Å². The van der Waals surface area contributed by atoms with E-state index >= 15 is 0 Å². The van der Waals surface area contributed by atoms with Gasteiger partial charge in [-0.15, -0.1) is 0 Å². The summed E-state index contributed by atoms with van der Waals surface area (Å²) in [6, 6.07) is 52.8. The molecule has 0 bridgehead atoms. The molecule has 3 nitrogen and oxygen atoms in total. The lowest BCUT2D eigenvalue weighted by molar-refractivity contribution is 0.348. The average Bonchev–Trinajstić information content (AvgIpc) is 3.75. The number of para-hydroxylation sites is 1. The van der Waals surface area contributed by atoms with Crippen LogP contribution in [-0.4, -0.2) is 23.6 Å². The van der Waals surface area contributed by atoms with E-state index in [0.29, 0.717) is 6.61 Å². The molecule has 9 rings (SSSR count). The van der Waals surface area contributed by atoms with Crippen LogP contribution >= 0.6 is 0 Å². The van der Waals surface area contributed by atoms with E-state index in [4.69, 9.17) is 4.74 Å². The van der Waals surface area contributed by atoms with Gasteiger partial charge in [0.1, 0.15) is 6.61 Å². The number of nitrogens with zero attached hydrogens (tertiary/aromatic N) is 2. The van der Waals surface area contributed by atoms with Crippen LogP contribution in [0.15, 0.2) is 151 Å². The first-order valence-electron chi connectivity index (χ1n) is 15.1. The van der Waals surface area contributed by atoms with Crippen LogP contribution in [0.5, 0.6) is 0 Å². The van der Waals surface area contributed by atoms with Crippen LogP contribution in [0, 0.1) is 0 Å². The van der Waals surface area contributed by atoms with Crippen molar-refractivity contribution in [3.63, 3.8) is 0 Å². The molecule has 1 aliphatic heterocycles. The maximum absolute atomic E-state index is 5.72. The van der Waals surface area contributed by atoms with Crippen molar-refractivity contribution in [2.75, 3.05) is 13.2 Å². The molecule has 0 aliphatic carbocycles. The zero-order chi connectivity index (χ0) is 29.0. The number of aliphatic imine (C=N–C) groups is 1. The smallest absolute Gasteiger partial charge is 0.216 e. The first kappa shape index (κ1) is 24.9. The van der Waals surface area contributed by atoms with Gasteiger partial charge in [-0.05, 0) is 86.3 Å². The second-order valence-electron chi connectivity index (χ2n) is 11.4. The minimum absolute atomic E-state index is 0.658. The quantitative estimate of drug-likeness (QED) is 0.209. The Balaban J connectivity index is 1.32. The van der Waals surface area contributed by atoms with Gasteiger partial charge in [-0.2, -0.15) is 0 Å². The predicted molar refractivity (Wildman–Crippen MR) is 184 cm³/mol. The highest BCUT2D eigenvalue weighted by Gasteiger charge is 2.19. The van der Waals surface area contributed by atoms with Crippen molar-refractivity contribution in [2.24, 2.45) is 4.99 Å². The molecular weight excluding hydrogens is 536 g/mol. The van der Waals surface area contributed by atoms with Crippen LogP contribution in [0.4, 0.5) is 0 Å². The normalized spacial score (nSPS) is 13.1. The third kappa shape index (κ3) is 3.94. The Morgan fingerprint density at radius 3 is 2.00 bits per heavy atom. The van der Waals surface area contributed by atoms with Gasteiger partial charge in [0, 0.05) is 22.0 Å². The van der Waals surface area contributed by atoms with Crippen LogP contribution in [0.1, 0.15) is 5.56 Å². The lowest BCUT2D eigenvalue weighted by Gasteiger charge is -2.13. The molecule has 0 radical (unpaired) electrons. The summed E-state index contributed by atoms with van der Waals surface area (Å²) in [6.45, 7) is 1.38. The molecule has 3 heteroatoms. The molecule has 0 atom stereocenters. The van der Waals surface area contributed by atoms with Gasteiger partial charge in [-0.3, -0.25) is 0 Å². The van der Waals surface area contributed by atoms with E-state index in [1.54, 1.807) is 0 Å². The second kappa shape index (κ2) is 9.96. The lowest BCUT2D eigenvalue weighted by atomic mass is 9.94. The fourth-order valence-corrected chi connectivity index (χ4v) is 6.82. The second-order valence-corrected chi connectivity index (χ2v) is 11.4. The monoisotopic (exact) mass is 564 g/mol. The molecule has 2 heterocycles. The molecule has 7 aromatic carbocycles. The van der Waals surface area contributed by atoms with Crippen LogP contribution in [-0.2, 0) is 4.74 Å². The Hall–Kier alpha value is -5.67. The Kier molecular flexibility index (Phi) is 5.63. The van der Waals surface area contributed by atoms with Gasteiger partial charge in [-0.25, -0.2) is 4.99 Å². The van der Waals surface area contributed by atoms with Crippen molar-refractivity contribution in [2.45, 2.75) is 0 Å². The Morgan fingerprint density at radius 1 is 0.500 bits per heavy atom. The molecule has 0 spiro atoms. The zero-order valence-corrected chi connectivity index (χ0v) is 24.1. The molecule has 0 saturated carbocycles. The van der Waals surface area contributed by atoms with Crippen molar-refractivity contribution in [3.05, 3.63) is 151 Å². The summed E-state index contributed by atoms with van der Waals surface area (Å²) in [7, 11) is 0. The molecule has 1 aliphatic rings. The van der Waals surface area contributed by atoms with E-state index in [-0.39, 0.29) is 0 Å². The highest BCUT2D eigenvalue weighted by atomic mass is 16.5. The van der Waals surface area contributed by atoms with Gasteiger partial charge in [0.15, 0.2) is 0 Å². The van der Waals surface area contributed by atoms with Gasteiger partial charge in [-0.1, -0.05) is 103 Å². The van der Waals surface area contributed by atoms with Crippen molar-refractivity contribution < 1.29 is 4.74 Å². The number of aromatic nitrogens is 1. The Bertz CT molecular complexity index is 2400. The van der Waals surface area contributed by atoms with E-state index in [2.05, 4.69) is 155 Å². The van der Waals surface area contributed by atoms with Gasteiger partial charge >= 0.3 is 0 Å². The Labute approximate surface area is 255 Å². The molecule has 0 fully saturated rings.